The third-order valence-corrected chi connectivity index (χ3v) is 6.48. The maximum absolute atomic E-state index is 13.2. The summed E-state index contributed by atoms with van der Waals surface area (Å²) in [5, 5.41) is 2.75. The molecule has 160 valence electrons. The van der Waals surface area contributed by atoms with Gasteiger partial charge in [-0.05, 0) is 29.7 Å². The van der Waals surface area contributed by atoms with Crippen LogP contribution in [0.2, 0.25) is 0 Å². The molecule has 0 unspecified atom stereocenters. The zero-order valence-corrected chi connectivity index (χ0v) is 17.3. The average Bonchev–Trinajstić information content (AvgIpc) is 3.24. The SMILES string of the molecule is COc1ncc(C(F)(F)F)cc1-c1nccc2cc(S(=O)(=O)Nc3nccs3)ccc12. The van der Waals surface area contributed by atoms with Gasteiger partial charge in [0.2, 0.25) is 5.88 Å². The van der Waals surface area contributed by atoms with Crippen LogP contribution in [-0.4, -0.2) is 30.5 Å². The number of hydrogen-bond acceptors (Lipinski definition) is 7. The first-order valence-corrected chi connectivity index (χ1v) is 11.0. The number of pyridine rings is 2. The minimum absolute atomic E-state index is 0.0264. The lowest BCUT2D eigenvalue weighted by atomic mass is 10.0. The maximum atomic E-state index is 13.2. The molecule has 0 atom stereocenters. The molecule has 31 heavy (non-hydrogen) atoms. The van der Waals surface area contributed by atoms with Crippen molar-refractivity contribution in [3.63, 3.8) is 0 Å². The molecule has 3 heterocycles. The van der Waals surface area contributed by atoms with Gasteiger partial charge in [0.1, 0.15) is 0 Å². The van der Waals surface area contributed by atoms with E-state index in [1.54, 1.807) is 11.4 Å². The van der Waals surface area contributed by atoms with Crippen molar-refractivity contribution < 1.29 is 26.3 Å². The summed E-state index contributed by atoms with van der Waals surface area (Å²) in [4.78, 5) is 11.8. The monoisotopic (exact) mass is 466 g/mol. The van der Waals surface area contributed by atoms with Gasteiger partial charge < -0.3 is 4.74 Å². The van der Waals surface area contributed by atoms with Gasteiger partial charge in [-0.2, -0.15) is 13.2 Å². The molecule has 7 nitrogen and oxygen atoms in total. The van der Waals surface area contributed by atoms with Crippen LogP contribution in [0.5, 0.6) is 5.88 Å². The van der Waals surface area contributed by atoms with Gasteiger partial charge in [-0.1, -0.05) is 6.07 Å². The van der Waals surface area contributed by atoms with E-state index in [1.165, 1.54) is 37.7 Å². The molecule has 0 fully saturated rings. The van der Waals surface area contributed by atoms with Crippen molar-refractivity contribution in [2.75, 3.05) is 11.8 Å². The summed E-state index contributed by atoms with van der Waals surface area (Å²) in [7, 11) is -2.61. The second-order valence-electron chi connectivity index (χ2n) is 6.26. The Kier molecular flexibility index (Phi) is 5.27. The van der Waals surface area contributed by atoms with Crippen molar-refractivity contribution in [2.24, 2.45) is 0 Å². The number of thiazole rings is 1. The summed E-state index contributed by atoms with van der Waals surface area (Å²) in [5.74, 6) is -0.0323. The lowest BCUT2D eigenvalue weighted by molar-refractivity contribution is -0.137. The van der Waals surface area contributed by atoms with Gasteiger partial charge in [0.25, 0.3) is 10.0 Å². The van der Waals surface area contributed by atoms with E-state index in [0.29, 0.717) is 17.0 Å². The predicted octanol–water partition coefficient (Wildman–Crippen LogP) is 4.58. The van der Waals surface area contributed by atoms with Gasteiger partial charge in [0.05, 0.1) is 28.8 Å². The predicted molar refractivity (Wildman–Crippen MR) is 109 cm³/mol. The highest BCUT2D eigenvalue weighted by Crippen LogP contribution is 2.37. The number of sulfonamides is 1. The largest absolute Gasteiger partial charge is 0.481 e. The van der Waals surface area contributed by atoms with Crippen LogP contribution >= 0.6 is 11.3 Å². The third-order valence-electron chi connectivity index (χ3n) is 4.33. The molecular formula is C19H13F3N4O3S2. The highest BCUT2D eigenvalue weighted by Gasteiger charge is 2.32. The third kappa shape index (κ3) is 4.16. The van der Waals surface area contributed by atoms with Crippen LogP contribution in [0.25, 0.3) is 22.0 Å². The number of ether oxygens (including phenoxy) is 1. The van der Waals surface area contributed by atoms with Gasteiger partial charge >= 0.3 is 6.18 Å². The molecule has 0 amide bonds. The lowest BCUT2D eigenvalue weighted by Gasteiger charge is -2.13. The Balaban J connectivity index is 1.83. The van der Waals surface area contributed by atoms with Gasteiger partial charge in [-0.3, -0.25) is 9.71 Å². The Hall–Kier alpha value is -3.25. The van der Waals surface area contributed by atoms with Crippen molar-refractivity contribution in [1.29, 1.82) is 0 Å². The molecule has 1 aromatic carbocycles. The summed E-state index contributed by atoms with van der Waals surface area (Å²) < 4.78 is 72.4. The molecule has 0 spiro atoms. The summed E-state index contributed by atoms with van der Waals surface area (Å²) in [6.45, 7) is 0. The number of aromatic nitrogens is 3. The summed E-state index contributed by atoms with van der Waals surface area (Å²) in [6.07, 6.45) is -1.07. The molecule has 1 N–H and O–H groups in total. The van der Waals surface area contributed by atoms with Crippen LogP contribution < -0.4 is 9.46 Å². The Morgan fingerprint density at radius 2 is 1.87 bits per heavy atom. The van der Waals surface area contributed by atoms with E-state index in [2.05, 4.69) is 19.7 Å². The summed E-state index contributed by atoms with van der Waals surface area (Å²) in [6, 6.07) is 6.70. The van der Waals surface area contributed by atoms with Crippen LogP contribution in [0.4, 0.5) is 18.3 Å². The number of fused-ring (bicyclic) bond motifs is 1. The van der Waals surface area contributed by atoms with Crippen molar-refractivity contribution in [2.45, 2.75) is 11.1 Å². The van der Waals surface area contributed by atoms with Crippen molar-refractivity contribution in [3.05, 3.63) is 59.9 Å². The first-order valence-electron chi connectivity index (χ1n) is 8.62. The van der Waals surface area contributed by atoms with Crippen molar-refractivity contribution in [1.82, 2.24) is 15.0 Å². The summed E-state index contributed by atoms with van der Waals surface area (Å²) in [5.41, 5.74) is -0.724. The number of anilines is 1. The minimum atomic E-state index is -4.60. The minimum Gasteiger partial charge on any atom is -0.481 e. The second-order valence-corrected chi connectivity index (χ2v) is 8.84. The number of nitrogens with zero attached hydrogens (tertiary/aromatic N) is 3. The maximum Gasteiger partial charge on any atom is 0.417 e. The second kappa shape index (κ2) is 7.78. The van der Waals surface area contributed by atoms with Crippen molar-refractivity contribution >= 4 is 37.3 Å². The standard InChI is InChI=1S/C19H13F3N4O3S2/c1-29-17-15(9-12(10-25-17)19(20,21)22)16-14-3-2-13(8-11(14)4-5-23-16)31(27,28)26-18-24-6-7-30-18/h2-10H,1H3,(H,24,26). The molecule has 4 aromatic rings. The van der Waals surface area contributed by atoms with E-state index >= 15 is 0 Å². The molecule has 0 aliphatic heterocycles. The highest BCUT2D eigenvalue weighted by atomic mass is 32.2. The number of methoxy groups -OCH3 is 1. The van der Waals surface area contributed by atoms with E-state index in [0.717, 1.165) is 17.4 Å². The highest BCUT2D eigenvalue weighted by molar-refractivity contribution is 7.93. The molecule has 0 aliphatic rings. The fraction of sp³-hybridized carbons (Fsp3) is 0.105. The van der Waals surface area contributed by atoms with E-state index in [-0.39, 0.29) is 27.2 Å². The molecule has 3 aromatic heterocycles. The Labute approximate surface area is 178 Å². The zero-order chi connectivity index (χ0) is 22.2. The van der Waals surface area contributed by atoms with Gasteiger partial charge in [-0.25, -0.2) is 18.4 Å². The molecule has 12 heteroatoms. The van der Waals surface area contributed by atoms with E-state index in [1.807, 2.05) is 0 Å². The molecule has 0 radical (unpaired) electrons. The smallest absolute Gasteiger partial charge is 0.417 e. The quantitative estimate of drug-likeness (QED) is 0.463. The first-order chi connectivity index (χ1) is 14.7. The van der Waals surface area contributed by atoms with Crippen LogP contribution in [0.15, 0.2) is 59.2 Å². The van der Waals surface area contributed by atoms with E-state index in [4.69, 9.17) is 4.74 Å². The molecule has 0 bridgehead atoms. The van der Waals surface area contributed by atoms with Gasteiger partial charge in [0, 0.05) is 29.4 Å². The number of rotatable bonds is 5. The lowest BCUT2D eigenvalue weighted by Crippen LogP contribution is -2.12. The average molecular weight is 466 g/mol. The fourth-order valence-corrected chi connectivity index (χ4v) is 4.75. The van der Waals surface area contributed by atoms with E-state index < -0.39 is 21.8 Å². The number of nitrogens with one attached hydrogen (secondary N) is 1. The zero-order valence-electron chi connectivity index (χ0n) is 15.7. The van der Waals surface area contributed by atoms with Crippen LogP contribution in [0.3, 0.4) is 0 Å². The van der Waals surface area contributed by atoms with Crippen molar-refractivity contribution in [3.8, 4) is 17.1 Å². The molecule has 0 saturated carbocycles. The van der Waals surface area contributed by atoms with Crippen LogP contribution in [0, 0.1) is 0 Å². The van der Waals surface area contributed by atoms with E-state index in [9.17, 15) is 21.6 Å². The van der Waals surface area contributed by atoms with Gasteiger partial charge in [-0.15, -0.1) is 11.3 Å². The topological polar surface area (TPSA) is 94.1 Å². The number of benzene rings is 1. The molecule has 4 rings (SSSR count). The fourth-order valence-electron chi connectivity index (χ4n) is 2.93. The molecule has 0 aliphatic carbocycles. The molecular weight excluding hydrogens is 453 g/mol. The van der Waals surface area contributed by atoms with Crippen LogP contribution in [0.1, 0.15) is 5.56 Å². The number of alkyl halides is 3. The summed E-state index contributed by atoms with van der Waals surface area (Å²) >= 11 is 1.13. The Morgan fingerprint density at radius 3 is 2.55 bits per heavy atom. The Bertz CT molecular complexity index is 1360. The normalized spacial score (nSPS) is 12.1. The molecule has 0 saturated heterocycles. The number of halogens is 3. The first kappa shape index (κ1) is 21.0. The Morgan fingerprint density at radius 1 is 1.06 bits per heavy atom. The van der Waals surface area contributed by atoms with Gasteiger partial charge in [0.15, 0.2) is 5.13 Å². The van der Waals surface area contributed by atoms with Crippen LogP contribution in [-0.2, 0) is 16.2 Å². The number of hydrogen-bond donors (Lipinski definition) is 1.